The van der Waals surface area contributed by atoms with Gasteiger partial charge in [0.05, 0.1) is 11.3 Å². The van der Waals surface area contributed by atoms with Gasteiger partial charge in [-0.25, -0.2) is 4.39 Å². The zero-order valence-electron chi connectivity index (χ0n) is 16.5. The van der Waals surface area contributed by atoms with Crippen molar-refractivity contribution in [1.29, 1.82) is 0 Å². The van der Waals surface area contributed by atoms with Crippen LogP contribution in [0, 0.1) is 5.82 Å². The van der Waals surface area contributed by atoms with Crippen LogP contribution in [0.2, 0.25) is 0 Å². The van der Waals surface area contributed by atoms with Gasteiger partial charge < -0.3 is 4.74 Å². The second kappa shape index (κ2) is 8.66. The molecule has 1 aliphatic heterocycles. The third kappa shape index (κ3) is 4.39. The summed E-state index contributed by atoms with van der Waals surface area (Å²) in [5, 5.41) is 4.26. The van der Waals surface area contributed by atoms with Gasteiger partial charge in [-0.15, -0.1) is 0 Å². The molecule has 0 spiro atoms. The maximum Gasteiger partial charge on any atom is 0.435 e. The molecule has 1 heterocycles. The van der Waals surface area contributed by atoms with Crippen LogP contribution in [-0.2, 0) is 11.4 Å². The van der Waals surface area contributed by atoms with Gasteiger partial charge in [0.25, 0.3) is 5.91 Å². The Morgan fingerprint density at radius 2 is 1.56 bits per heavy atom. The average molecular weight is 440 g/mol. The SMILES string of the molecule is O=C1/C(=C\c2ccccc2OCc2ccccc2F)C(C(F)(F)F)=NN1c1ccccc1. The summed E-state index contributed by atoms with van der Waals surface area (Å²) in [7, 11) is 0. The number of para-hydroxylation sites is 2. The number of nitrogens with zero attached hydrogens (tertiary/aromatic N) is 2. The lowest BCUT2D eigenvalue weighted by molar-refractivity contribution is -0.114. The van der Waals surface area contributed by atoms with E-state index in [0.717, 1.165) is 11.1 Å². The maximum absolute atomic E-state index is 13.9. The predicted octanol–water partition coefficient (Wildman–Crippen LogP) is 5.75. The van der Waals surface area contributed by atoms with Crippen molar-refractivity contribution in [3.63, 3.8) is 0 Å². The highest BCUT2D eigenvalue weighted by molar-refractivity contribution is 6.34. The molecule has 0 saturated carbocycles. The van der Waals surface area contributed by atoms with Crippen molar-refractivity contribution < 1.29 is 27.1 Å². The molecule has 0 N–H and O–H groups in total. The Labute approximate surface area is 181 Å². The normalized spacial score (nSPS) is 15.2. The maximum atomic E-state index is 13.9. The number of alkyl halides is 3. The number of anilines is 1. The molecule has 4 rings (SSSR count). The minimum atomic E-state index is -4.84. The van der Waals surface area contributed by atoms with Gasteiger partial charge in [-0.1, -0.05) is 54.6 Å². The summed E-state index contributed by atoms with van der Waals surface area (Å²) < 4.78 is 60.5. The zero-order valence-corrected chi connectivity index (χ0v) is 16.5. The summed E-state index contributed by atoms with van der Waals surface area (Å²) in [6.45, 7) is -0.128. The van der Waals surface area contributed by atoms with E-state index in [9.17, 15) is 22.4 Å². The third-order valence-corrected chi connectivity index (χ3v) is 4.71. The molecule has 162 valence electrons. The first kappa shape index (κ1) is 21.3. The molecule has 3 aromatic carbocycles. The van der Waals surface area contributed by atoms with E-state index in [2.05, 4.69) is 5.10 Å². The number of rotatable bonds is 5. The van der Waals surface area contributed by atoms with E-state index in [4.69, 9.17) is 4.74 Å². The molecule has 0 atom stereocenters. The van der Waals surface area contributed by atoms with Crippen LogP contribution in [0.3, 0.4) is 0 Å². The number of carbonyl (C=O) groups is 1. The number of hydrogen-bond donors (Lipinski definition) is 0. The van der Waals surface area contributed by atoms with E-state index in [1.165, 1.54) is 30.3 Å². The van der Waals surface area contributed by atoms with Crippen molar-refractivity contribution >= 4 is 23.4 Å². The summed E-state index contributed by atoms with van der Waals surface area (Å²) in [4.78, 5) is 12.9. The Balaban J connectivity index is 1.69. The zero-order chi connectivity index (χ0) is 22.7. The van der Waals surface area contributed by atoms with Crippen LogP contribution in [0.5, 0.6) is 5.75 Å². The Morgan fingerprint density at radius 1 is 0.906 bits per heavy atom. The monoisotopic (exact) mass is 440 g/mol. The van der Waals surface area contributed by atoms with Crippen LogP contribution in [-0.4, -0.2) is 17.8 Å². The quantitative estimate of drug-likeness (QED) is 0.374. The van der Waals surface area contributed by atoms with E-state index in [0.29, 0.717) is 5.56 Å². The molecular weight excluding hydrogens is 424 g/mol. The van der Waals surface area contributed by atoms with Crippen LogP contribution in [0.25, 0.3) is 6.08 Å². The fourth-order valence-corrected chi connectivity index (χ4v) is 3.16. The molecule has 1 amide bonds. The summed E-state index contributed by atoms with van der Waals surface area (Å²) in [5.41, 5.74) is -1.16. The summed E-state index contributed by atoms with van der Waals surface area (Å²) in [6.07, 6.45) is -3.75. The van der Waals surface area contributed by atoms with Crippen molar-refractivity contribution in [2.24, 2.45) is 5.10 Å². The molecule has 8 heteroatoms. The first-order valence-corrected chi connectivity index (χ1v) is 9.57. The van der Waals surface area contributed by atoms with Gasteiger partial charge in [-0.05, 0) is 30.3 Å². The summed E-state index contributed by atoms with van der Waals surface area (Å²) in [5.74, 6) is -1.16. The molecule has 0 fully saturated rings. The number of benzene rings is 3. The van der Waals surface area contributed by atoms with Gasteiger partial charge in [-0.3, -0.25) is 4.79 Å². The molecule has 32 heavy (non-hydrogen) atoms. The molecule has 0 aliphatic carbocycles. The molecule has 0 bridgehead atoms. The highest BCUT2D eigenvalue weighted by Gasteiger charge is 2.46. The predicted molar refractivity (Wildman–Crippen MR) is 113 cm³/mol. The van der Waals surface area contributed by atoms with Gasteiger partial charge in [0.1, 0.15) is 18.2 Å². The standard InChI is InChI=1S/C24H16F4N2O2/c25-20-12-6-4-9-17(20)15-32-21-13-7-5-8-16(21)14-19-22(24(26,27)28)29-30(23(19)31)18-10-2-1-3-11-18/h1-14H,15H2/b19-14-. The molecule has 0 aromatic heterocycles. The number of hydrazone groups is 1. The van der Waals surface area contributed by atoms with Crippen LogP contribution in [0.1, 0.15) is 11.1 Å². The Bertz CT molecular complexity index is 1200. The van der Waals surface area contributed by atoms with E-state index in [-0.39, 0.29) is 23.6 Å². The first-order valence-electron chi connectivity index (χ1n) is 9.57. The Hall–Kier alpha value is -3.94. The van der Waals surface area contributed by atoms with Crippen molar-refractivity contribution in [2.75, 3.05) is 5.01 Å². The molecule has 0 saturated heterocycles. The lowest BCUT2D eigenvalue weighted by atomic mass is 10.1. The van der Waals surface area contributed by atoms with Crippen molar-refractivity contribution in [3.8, 4) is 5.75 Å². The fraction of sp³-hybridized carbons (Fsp3) is 0.0833. The Kier molecular flexibility index (Phi) is 5.77. The van der Waals surface area contributed by atoms with E-state index >= 15 is 0 Å². The van der Waals surface area contributed by atoms with Crippen LogP contribution >= 0.6 is 0 Å². The molecule has 3 aromatic rings. The summed E-state index contributed by atoms with van der Waals surface area (Å²) in [6, 6.07) is 20.1. The number of carbonyl (C=O) groups excluding carboxylic acids is 1. The highest BCUT2D eigenvalue weighted by atomic mass is 19.4. The highest BCUT2D eigenvalue weighted by Crippen LogP contribution is 2.34. The second-order valence-corrected chi connectivity index (χ2v) is 6.87. The van der Waals surface area contributed by atoms with Crippen molar-refractivity contribution in [2.45, 2.75) is 12.8 Å². The van der Waals surface area contributed by atoms with Gasteiger partial charge in [0.2, 0.25) is 0 Å². The molecular formula is C24H16F4N2O2. The molecule has 1 aliphatic rings. The van der Waals surface area contributed by atoms with E-state index in [1.807, 2.05) is 0 Å². The van der Waals surface area contributed by atoms with Crippen LogP contribution in [0.4, 0.5) is 23.2 Å². The largest absolute Gasteiger partial charge is 0.488 e. The van der Waals surface area contributed by atoms with Crippen LogP contribution < -0.4 is 9.75 Å². The minimum Gasteiger partial charge on any atom is -0.488 e. The number of hydrogen-bond acceptors (Lipinski definition) is 3. The first-order chi connectivity index (χ1) is 15.3. The van der Waals surface area contributed by atoms with E-state index < -0.39 is 29.2 Å². The topological polar surface area (TPSA) is 41.9 Å². The second-order valence-electron chi connectivity index (χ2n) is 6.87. The number of ether oxygens (including phenoxy) is 1. The van der Waals surface area contributed by atoms with Gasteiger partial charge >= 0.3 is 6.18 Å². The lowest BCUT2D eigenvalue weighted by Crippen LogP contribution is -2.25. The fourth-order valence-electron chi connectivity index (χ4n) is 3.16. The number of halogens is 4. The van der Waals surface area contributed by atoms with Gasteiger partial charge in [0.15, 0.2) is 5.71 Å². The molecule has 4 nitrogen and oxygen atoms in total. The molecule has 0 radical (unpaired) electrons. The minimum absolute atomic E-state index is 0.128. The number of amides is 1. The van der Waals surface area contributed by atoms with Crippen molar-refractivity contribution in [3.05, 3.63) is 101 Å². The third-order valence-electron chi connectivity index (χ3n) is 4.71. The van der Waals surface area contributed by atoms with Crippen molar-refractivity contribution in [1.82, 2.24) is 0 Å². The summed E-state index contributed by atoms with van der Waals surface area (Å²) >= 11 is 0. The Morgan fingerprint density at radius 3 is 2.28 bits per heavy atom. The smallest absolute Gasteiger partial charge is 0.435 e. The molecule has 0 unspecified atom stereocenters. The average Bonchev–Trinajstić information content (AvgIpc) is 3.11. The van der Waals surface area contributed by atoms with Gasteiger partial charge in [0, 0.05) is 11.1 Å². The van der Waals surface area contributed by atoms with Gasteiger partial charge in [-0.2, -0.15) is 23.3 Å². The van der Waals surface area contributed by atoms with E-state index in [1.54, 1.807) is 48.5 Å². The van der Waals surface area contributed by atoms with Crippen LogP contribution in [0.15, 0.2) is 89.5 Å². The lowest BCUT2D eigenvalue weighted by Gasteiger charge is -2.12.